The number of amides is 1. The number of hydrogen-bond acceptors (Lipinski definition) is 2. The van der Waals surface area contributed by atoms with Gasteiger partial charge in [-0.2, -0.15) is 0 Å². The normalized spacial score (nSPS) is 18.2. The molecule has 0 fully saturated rings. The lowest BCUT2D eigenvalue weighted by Crippen LogP contribution is -2.42. The van der Waals surface area contributed by atoms with Gasteiger partial charge in [-0.3, -0.25) is 4.79 Å². The highest BCUT2D eigenvalue weighted by Gasteiger charge is 2.52. The van der Waals surface area contributed by atoms with Gasteiger partial charge in [-0.15, -0.1) is 0 Å². The summed E-state index contributed by atoms with van der Waals surface area (Å²) in [4.78, 5) is 18.8. The van der Waals surface area contributed by atoms with Crippen LogP contribution in [0.4, 0.5) is 5.69 Å². The molecule has 1 amide bonds. The summed E-state index contributed by atoms with van der Waals surface area (Å²) in [5, 5.41) is 12.9. The Kier molecular flexibility index (Phi) is 4.53. The van der Waals surface area contributed by atoms with Gasteiger partial charge < -0.3 is 15.0 Å². The fraction of sp³-hybridized carbons (Fsp3) is 0.160. The summed E-state index contributed by atoms with van der Waals surface area (Å²) >= 11 is 3.51. The highest BCUT2D eigenvalue weighted by Crippen LogP contribution is 2.48. The Balaban J connectivity index is 1.65. The number of nitrogens with zero attached hydrogens (tertiary/aromatic N) is 1. The number of para-hydroxylation sites is 1. The number of nitrogens with one attached hydrogen (secondary N) is 1. The molecule has 4 nitrogen and oxygen atoms in total. The van der Waals surface area contributed by atoms with Gasteiger partial charge in [0.2, 0.25) is 0 Å². The number of aromatic amines is 1. The molecule has 0 bridgehead atoms. The van der Waals surface area contributed by atoms with Crippen molar-refractivity contribution in [3.63, 3.8) is 0 Å². The van der Waals surface area contributed by atoms with Gasteiger partial charge in [-0.1, -0.05) is 64.5 Å². The average Bonchev–Trinajstić information content (AvgIpc) is 3.19. The second kappa shape index (κ2) is 7.11. The summed E-state index contributed by atoms with van der Waals surface area (Å²) in [5.41, 5.74) is 3.12. The van der Waals surface area contributed by atoms with Crippen LogP contribution >= 0.6 is 15.9 Å². The van der Waals surface area contributed by atoms with Crippen LogP contribution in [0.3, 0.4) is 0 Å². The minimum atomic E-state index is -1.74. The SMILES string of the molecule is Cc1[nH]c2ccccc2c1C1(O)C(=O)N(CCc2ccccc2)c2ccc(Br)cc21. The van der Waals surface area contributed by atoms with E-state index in [1.165, 1.54) is 0 Å². The van der Waals surface area contributed by atoms with Crippen LogP contribution in [0.1, 0.15) is 22.4 Å². The fourth-order valence-corrected chi connectivity index (χ4v) is 4.91. The third-order valence-corrected chi connectivity index (χ3v) is 6.41. The van der Waals surface area contributed by atoms with Crippen LogP contribution in [-0.2, 0) is 16.8 Å². The Labute approximate surface area is 183 Å². The summed E-state index contributed by atoms with van der Waals surface area (Å²) in [6.07, 6.45) is 0.713. The molecule has 0 aliphatic carbocycles. The van der Waals surface area contributed by atoms with Crippen molar-refractivity contribution >= 4 is 38.4 Å². The molecule has 1 unspecified atom stereocenters. The first kappa shape index (κ1) is 19.1. The molecular weight excluding hydrogens is 440 g/mol. The number of fused-ring (bicyclic) bond motifs is 2. The maximum absolute atomic E-state index is 13.8. The van der Waals surface area contributed by atoms with Crippen molar-refractivity contribution in [1.82, 2.24) is 4.98 Å². The number of aliphatic hydroxyl groups is 1. The highest BCUT2D eigenvalue weighted by molar-refractivity contribution is 9.10. The third kappa shape index (κ3) is 2.81. The van der Waals surface area contributed by atoms with Gasteiger partial charge in [0.25, 0.3) is 5.91 Å². The molecule has 1 aromatic heterocycles. The minimum Gasteiger partial charge on any atom is -0.372 e. The van der Waals surface area contributed by atoms with Gasteiger partial charge in [-0.05, 0) is 43.2 Å². The Hall–Kier alpha value is -2.89. The second-order valence-electron chi connectivity index (χ2n) is 7.73. The molecule has 2 heterocycles. The predicted octanol–water partition coefficient (Wildman–Crippen LogP) is 5.06. The minimum absolute atomic E-state index is 0.306. The van der Waals surface area contributed by atoms with Gasteiger partial charge >= 0.3 is 0 Å². The van der Waals surface area contributed by atoms with Crippen molar-refractivity contribution < 1.29 is 9.90 Å². The Bertz CT molecular complexity index is 1260. The first-order valence-corrected chi connectivity index (χ1v) is 10.8. The molecule has 5 rings (SSSR count). The van der Waals surface area contributed by atoms with E-state index < -0.39 is 5.60 Å². The molecule has 0 saturated heterocycles. The smallest absolute Gasteiger partial charge is 0.268 e. The van der Waals surface area contributed by atoms with E-state index in [0.717, 1.165) is 32.3 Å². The Morgan fingerprint density at radius 1 is 1.03 bits per heavy atom. The van der Waals surface area contributed by atoms with Crippen LogP contribution in [0.5, 0.6) is 0 Å². The molecule has 3 aromatic carbocycles. The number of rotatable bonds is 4. The molecule has 1 aliphatic heterocycles. The van der Waals surface area contributed by atoms with Crippen LogP contribution < -0.4 is 4.90 Å². The van der Waals surface area contributed by atoms with Gasteiger partial charge in [0.15, 0.2) is 5.60 Å². The standard InChI is InChI=1S/C25H21BrN2O2/c1-16-23(19-9-5-6-10-21(19)27-16)25(30)20-15-18(26)11-12-22(20)28(24(25)29)14-13-17-7-3-2-4-8-17/h2-12,15,27,30H,13-14H2,1H3. The van der Waals surface area contributed by atoms with Gasteiger partial charge in [0, 0.05) is 38.7 Å². The van der Waals surface area contributed by atoms with E-state index in [1.807, 2.05) is 67.6 Å². The number of halogens is 1. The molecular formula is C25H21BrN2O2. The summed E-state index contributed by atoms with van der Waals surface area (Å²) in [5.74, 6) is -0.306. The van der Waals surface area contributed by atoms with Gasteiger partial charge in [-0.25, -0.2) is 0 Å². The van der Waals surface area contributed by atoms with Crippen molar-refractivity contribution in [2.45, 2.75) is 18.9 Å². The predicted molar refractivity (Wildman–Crippen MR) is 123 cm³/mol. The molecule has 4 aromatic rings. The topological polar surface area (TPSA) is 56.3 Å². The zero-order valence-corrected chi connectivity index (χ0v) is 18.1. The molecule has 0 spiro atoms. The quantitative estimate of drug-likeness (QED) is 0.446. The molecule has 150 valence electrons. The number of carbonyl (C=O) groups excluding carboxylic acids is 1. The van der Waals surface area contributed by atoms with Crippen molar-refractivity contribution in [3.8, 4) is 0 Å². The largest absolute Gasteiger partial charge is 0.372 e. The lowest BCUT2D eigenvalue weighted by atomic mass is 9.85. The number of carbonyl (C=O) groups is 1. The molecule has 0 radical (unpaired) electrons. The molecule has 1 atom stereocenters. The number of aryl methyl sites for hydroxylation is 1. The van der Waals surface area contributed by atoms with Crippen LogP contribution in [-0.4, -0.2) is 22.5 Å². The maximum Gasteiger partial charge on any atom is 0.268 e. The monoisotopic (exact) mass is 460 g/mol. The average molecular weight is 461 g/mol. The summed E-state index contributed by atoms with van der Waals surface area (Å²) < 4.78 is 0.829. The van der Waals surface area contributed by atoms with Crippen molar-refractivity contribution in [1.29, 1.82) is 0 Å². The van der Waals surface area contributed by atoms with Crippen molar-refractivity contribution in [2.75, 3.05) is 11.4 Å². The van der Waals surface area contributed by atoms with Crippen molar-refractivity contribution in [2.24, 2.45) is 0 Å². The number of aromatic nitrogens is 1. The molecule has 2 N–H and O–H groups in total. The van der Waals surface area contributed by atoms with E-state index in [1.54, 1.807) is 4.90 Å². The maximum atomic E-state index is 13.8. The van der Waals surface area contributed by atoms with Gasteiger partial charge in [0.05, 0.1) is 5.69 Å². The van der Waals surface area contributed by atoms with E-state index in [4.69, 9.17) is 0 Å². The third-order valence-electron chi connectivity index (χ3n) is 5.92. The lowest BCUT2D eigenvalue weighted by Gasteiger charge is -2.24. The second-order valence-corrected chi connectivity index (χ2v) is 8.65. The first-order valence-electron chi connectivity index (χ1n) is 9.96. The van der Waals surface area contributed by atoms with Crippen LogP contribution in [0.15, 0.2) is 77.3 Å². The van der Waals surface area contributed by atoms with Gasteiger partial charge in [0.1, 0.15) is 0 Å². The highest BCUT2D eigenvalue weighted by atomic mass is 79.9. The van der Waals surface area contributed by atoms with Crippen LogP contribution in [0, 0.1) is 6.92 Å². The van der Waals surface area contributed by atoms with Crippen molar-refractivity contribution in [3.05, 3.63) is 99.7 Å². The fourth-order valence-electron chi connectivity index (χ4n) is 4.55. The molecule has 0 saturated carbocycles. The summed E-state index contributed by atoms with van der Waals surface area (Å²) in [6.45, 7) is 2.41. The Morgan fingerprint density at radius 2 is 1.77 bits per heavy atom. The first-order chi connectivity index (χ1) is 14.5. The molecule has 1 aliphatic rings. The Morgan fingerprint density at radius 3 is 2.57 bits per heavy atom. The van der Waals surface area contributed by atoms with E-state index in [0.29, 0.717) is 24.1 Å². The summed E-state index contributed by atoms with van der Waals surface area (Å²) in [6, 6.07) is 23.5. The number of anilines is 1. The number of hydrogen-bond donors (Lipinski definition) is 2. The number of benzene rings is 3. The number of H-pyrrole nitrogens is 1. The zero-order valence-electron chi connectivity index (χ0n) is 16.5. The summed E-state index contributed by atoms with van der Waals surface area (Å²) in [7, 11) is 0. The van der Waals surface area contributed by atoms with E-state index in [2.05, 4.69) is 33.0 Å². The molecule has 5 heteroatoms. The van der Waals surface area contributed by atoms with E-state index in [9.17, 15) is 9.90 Å². The van der Waals surface area contributed by atoms with Crippen LogP contribution in [0.2, 0.25) is 0 Å². The van der Waals surface area contributed by atoms with E-state index >= 15 is 0 Å². The zero-order chi connectivity index (χ0) is 20.9. The van der Waals surface area contributed by atoms with E-state index in [-0.39, 0.29) is 5.91 Å². The lowest BCUT2D eigenvalue weighted by molar-refractivity contribution is -0.132. The molecule has 30 heavy (non-hydrogen) atoms. The van der Waals surface area contributed by atoms with Crippen LogP contribution in [0.25, 0.3) is 10.9 Å².